The Morgan fingerprint density at radius 1 is 1.50 bits per heavy atom. The highest BCUT2D eigenvalue weighted by Crippen LogP contribution is 2.24. The summed E-state index contributed by atoms with van der Waals surface area (Å²) in [5.41, 5.74) is 9.02. The number of hydrogen-bond acceptors (Lipinski definition) is 3. The van der Waals surface area contributed by atoms with Gasteiger partial charge in [-0.15, -0.1) is 0 Å². The second-order valence-electron chi connectivity index (χ2n) is 3.42. The first-order chi connectivity index (χ1) is 7.71. The first-order valence-electron chi connectivity index (χ1n) is 4.97. The van der Waals surface area contributed by atoms with Gasteiger partial charge in [-0.1, -0.05) is 17.7 Å². The van der Waals surface area contributed by atoms with Crippen molar-refractivity contribution in [2.45, 2.75) is 13.5 Å². The van der Waals surface area contributed by atoms with Gasteiger partial charge in [-0.3, -0.25) is 0 Å². The topological polar surface area (TPSA) is 44.5 Å². The minimum absolute atomic E-state index is 0.433. The minimum Gasteiger partial charge on any atom is -0.497 e. The molecule has 2 N–H and O–H groups in total. The molecule has 0 heterocycles. The maximum atomic E-state index is 5.62. The lowest BCUT2D eigenvalue weighted by Gasteiger charge is -2.11. The molecule has 0 saturated heterocycles. The lowest BCUT2D eigenvalue weighted by molar-refractivity contribution is 0.343. The number of hydrogen-bond donors (Lipinski definition) is 1. The average molecular weight is 242 g/mol. The molecule has 0 atom stereocenters. The molecule has 1 aromatic carbocycles. The van der Waals surface area contributed by atoms with Crippen molar-refractivity contribution < 1.29 is 9.47 Å². The minimum atomic E-state index is 0.433. The van der Waals surface area contributed by atoms with Crippen LogP contribution in [0.25, 0.3) is 0 Å². The van der Waals surface area contributed by atoms with Gasteiger partial charge in [0.25, 0.3) is 0 Å². The highest BCUT2D eigenvalue weighted by atomic mass is 35.5. The standard InChI is InChI=1S/C12H16ClNO2/c1-9(6-13)8-16-12-5-11(15-2)4-3-10(12)7-14/h3-6H,7-8,14H2,1-2H3/b9-6+. The van der Waals surface area contributed by atoms with Crippen molar-refractivity contribution >= 4 is 11.6 Å². The third kappa shape index (κ3) is 3.43. The first kappa shape index (κ1) is 12.9. The van der Waals surface area contributed by atoms with E-state index in [-0.39, 0.29) is 0 Å². The molecule has 4 heteroatoms. The van der Waals surface area contributed by atoms with Crippen LogP contribution in [-0.2, 0) is 6.54 Å². The highest BCUT2D eigenvalue weighted by molar-refractivity contribution is 6.25. The van der Waals surface area contributed by atoms with Gasteiger partial charge in [0.2, 0.25) is 0 Å². The Hall–Kier alpha value is -1.19. The number of rotatable bonds is 5. The molecule has 0 aliphatic carbocycles. The van der Waals surface area contributed by atoms with Crippen LogP contribution in [0.4, 0.5) is 0 Å². The van der Waals surface area contributed by atoms with Gasteiger partial charge in [-0.05, 0) is 18.6 Å². The smallest absolute Gasteiger partial charge is 0.127 e. The summed E-state index contributed by atoms with van der Waals surface area (Å²) in [5, 5.41) is 0. The first-order valence-corrected chi connectivity index (χ1v) is 5.40. The quantitative estimate of drug-likeness (QED) is 0.862. The van der Waals surface area contributed by atoms with Crippen LogP contribution in [0.1, 0.15) is 12.5 Å². The van der Waals surface area contributed by atoms with Crippen molar-refractivity contribution in [2.75, 3.05) is 13.7 Å². The van der Waals surface area contributed by atoms with E-state index < -0.39 is 0 Å². The Kier molecular flexibility index (Phi) is 5.15. The van der Waals surface area contributed by atoms with Crippen LogP contribution in [-0.4, -0.2) is 13.7 Å². The molecule has 16 heavy (non-hydrogen) atoms. The van der Waals surface area contributed by atoms with E-state index in [0.717, 1.165) is 22.6 Å². The fraction of sp³-hybridized carbons (Fsp3) is 0.333. The summed E-state index contributed by atoms with van der Waals surface area (Å²) in [5.74, 6) is 1.49. The van der Waals surface area contributed by atoms with Gasteiger partial charge in [0.15, 0.2) is 0 Å². The monoisotopic (exact) mass is 241 g/mol. The van der Waals surface area contributed by atoms with Crippen molar-refractivity contribution in [1.29, 1.82) is 0 Å². The van der Waals surface area contributed by atoms with Crippen LogP contribution in [0.2, 0.25) is 0 Å². The van der Waals surface area contributed by atoms with Crippen LogP contribution < -0.4 is 15.2 Å². The van der Waals surface area contributed by atoms with Crippen LogP contribution in [0.15, 0.2) is 29.3 Å². The molecule has 0 aliphatic rings. The molecule has 0 bridgehead atoms. The normalized spacial score (nSPS) is 11.4. The summed E-state index contributed by atoms with van der Waals surface area (Å²) in [4.78, 5) is 0. The fourth-order valence-corrected chi connectivity index (χ4v) is 1.25. The number of nitrogens with two attached hydrogens (primary N) is 1. The molecule has 1 rings (SSSR count). The van der Waals surface area contributed by atoms with E-state index >= 15 is 0 Å². The summed E-state index contributed by atoms with van der Waals surface area (Å²) in [6.45, 7) is 2.78. The summed E-state index contributed by atoms with van der Waals surface area (Å²) >= 11 is 5.56. The molecular formula is C12H16ClNO2. The Labute approximate surface area is 101 Å². The predicted octanol–water partition coefficient (Wildman–Crippen LogP) is 2.68. The number of halogens is 1. The molecule has 0 spiro atoms. The zero-order valence-corrected chi connectivity index (χ0v) is 10.3. The molecule has 1 aromatic rings. The number of ether oxygens (including phenoxy) is 2. The lowest BCUT2D eigenvalue weighted by Crippen LogP contribution is -2.04. The maximum absolute atomic E-state index is 5.62. The zero-order valence-electron chi connectivity index (χ0n) is 9.50. The van der Waals surface area contributed by atoms with Gasteiger partial charge >= 0.3 is 0 Å². The molecule has 3 nitrogen and oxygen atoms in total. The van der Waals surface area contributed by atoms with Crippen LogP contribution in [0.3, 0.4) is 0 Å². The summed E-state index contributed by atoms with van der Waals surface area (Å²) in [6, 6.07) is 5.58. The Morgan fingerprint density at radius 2 is 2.25 bits per heavy atom. The van der Waals surface area contributed by atoms with Crippen LogP contribution in [0, 0.1) is 0 Å². The summed E-state index contributed by atoms with van der Waals surface area (Å²) in [6.07, 6.45) is 0. The van der Waals surface area contributed by atoms with Gasteiger partial charge in [-0.25, -0.2) is 0 Å². The van der Waals surface area contributed by atoms with Gasteiger partial charge in [0, 0.05) is 23.7 Å². The van der Waals surface area contributed by atoms with Crippen LogP contribution in [0.5, 0.6) is 11.5 Å². The molecule has 0 radical (unpaired) electrons. The lowest BCUT2D eigenvalue weighted by atomic mass is 10.2. The average Bonchev–Trinajstić information content (AvgIpc) is 2.35. The van der Waals surface area contributed by atoms with Crippen LogP contribution >= 0.6 is 11.6 Å². The van der Waals surface area contributed by atoms with E-state index in [4.69, 9.17) is 26.8 Å². The van der Waals surface area contributed by atoms with E-state index in [1.54, 1.807) is 7.11 Å². The van der Waals surface area contributed by atoms with Gasteiger partial charge < -0.3 is 15.2 Å². The van der Waals surface area contributed by atoms with Crippen molar-refractivity contribution in [3.05, 3.63) is 34.9 Å². The third-order valence-electron chi connectivity index (χ3n) is 2.14. The second-order valence-corrected chi connectivity index (χ2v) is 3.64. The van der Waals surface area contributed by atoms with E-state index in [2.05, 4.69) is 0 Å². The Balaban J connectivity index is 2.83. The molecule has 0 unspecified atom stereocenters. The predicted molar refractivity (Wildman–Crippen MR) is 66.0 cm³/mol. The van der Waals surface area contributed by atoms with Crippen molar-refractivity contribution in [1.82, 2.24) is 0 Å². The summed E-state index contributed by atoms with van der Waals surface area (Å²) < 4.78 is 10.7. The molecule has 0 saturated carbocycles. The molecule has 0 aliphatic heterocycles. The van der Waals surface area contributed by atoms with Crippen molar-refractivity contribution in [2.24, 2.45) is 5.73 Å². The van der Waals surface area contributed by atoms with Gasteiger partial charge in [0.1, 0.15) is 18.1 Å². The summed E-state index contributed by atoms with van der Waals surface area (Å²) in [7, 11) is 1.62. The van der Waals surface area contributed by atoms with Crippen molar-refractivity contribution in [3.63, 3.8) is 0 Å². The third-order valence-corrected chi connectivity index (χ3v) is 2.51. The van der Waals surface area contributed by atoms with E-state index in [1.807, 2.05) is 25.1 Å². The maximum Gasteiger partial charge on any atom is 0.127 e. The SMILES string of the molecule is COc1ccc(CN)c(OC/C(C)=C/Cl)c1. The highest BCUT2D eigenvalue weighted by Gasteiger charge is 2.04. The number of methoxy groups -OCH3 is 1. The molecule has 0 fully saturated rings. The number of benzene rings is 1. The van der Waals surface area contributed by atoms with E-state index in [1.165, 1.54) is 5.54 Å². The van der Waals surface area contributed by atoms with Crippen molar-refractivity contribution in [3.8, 4) is 11.5 Å². The van der Waals surface area contributed by atoms with Gasteiger partial charge in [0.05, 0.1) is 7.11 Å². The molecular weight excluding hydrogens is 226 g/mol. The zero-order chi connectivity index (χ0) is 12.0. The second kappa shape index (κ2) is 6.40. The molecule has 0 aromatic heterocycles. The molecule has 88 valence electrons. The van der Waals surface area contributed by atoms with Gasteiger partial charge in [-0.2, -0.15) is 0 Å². The largest absolute Gasteiger partial charge is 0.497 e. The Morgan fingerprint density at radius 3 is 2.81 bits per heavy atom. The Bertz CT molecular complexity index is 377. The fourth-order valence-electron chi connectivity index (χ4n) is 1.19. The van der Waals surface area contributed by atoms with E-state index in [9.17, 15) is 0 Å². The van der Waals surface area contributed by atoms with E-state index in [0.29, 0.717) is 13.2 Å². The molecule has 0 amide bonds.